The molecule has 1 aliphatic carbocycles. The summed E-state index contributed by atoms with van der Waals surface area (Å²) in [6.45, 7) is 0.259. The van der Waals surface area contributed by atoms with Crippen LogP contribution < -0.4 is 0 Å². The predicted octanol–water partition coefficient (Wildman–Crippen LogP) is 2.94. The standard InChI is InChI=1S/C14H17NO2/c15-13(12-8-4-5-9-12)14(16)17-10-11-6-2-1-3-7-11/h1-3,6-7,12,15H,4-5,8-10H2. The number of rotatable bonds is 4. The zero-order valence-electron chi connectivity index (χ0n) is 9.82. The number of carbonyl (C=O) groups excluding carboxylic acids is 1. The van der Waals surface area contributed by atoms with Crippen LogP contribution in [0.3, 0.4) is 0 Å². The SMILES string of the molecule is N=C(C(=O)OCc1ccccc1)C1CCCC1. The molecule has 0 atom stereocenters. The number of ether oxygens (including phenoxy) is 1. The number of esters is 1. The summed E-state index contributed by atoms with van der Waals surface area (Å²) in [5.74, 6) is -0.334. The maximum atomic E-state index is 11.7. The van der Waals surface area contributed by atoms with Gasteiger partial charge in [0, 0.05) is 5.92 Å². The molecule has 1 saturated carbocycles. The molecule has 3 nitrogen and oxygen atoms in total. The molecule has 0 heterocycles. The van der Waals surface area contributed by atoms with E-state index in [1.165, 1.54) is 0 Å². The van der Waals surface area contributed by atoms with E-state index in [0.717, 1.165) is 31.2 Å². The monoisotopic (exact) mass is 231 g/mol. The Hall–Kier alpha value is -1.64. The Kier molecular flexibility index (Phi) is 3.91. The maximum absolute atomic E-state index is 11.7. The number of hydrogen-bond donors (Lipinski definition) is 1. The molecule has 1 aromatic carbocycles. The van der Waals surface area contributed by atoms with Crippen LogP contribution in [0, 0.1) is 11.3 Å². The quantitative estimate of drug-likeness (QED) is 0.639. The van der Waals surface area contributed by atoms with Crippen LogP contribution in [0.5, 0.6) is 0 Å². The van der Waals surface area contributed by atoms with E-state index < -0.39 is 5.97 Å². The molecule has 0 spiro atoms. The fraction of sp³-hybridized carbons (Fsp3) is 0.429. The highest BCUT2D eigenvalue weighted by atomic mass is 16.5. The first-order valence-corrected chi connectivity index (χ1v) is 6.07. The Balaban J connectivity index is 1.83. The first-order chi connectivity index (χ1) is 8.27. The molecule has 0 aromatic heterocycles. The van der Waals surface area contributed by atoms with Gasteiger partial charge >= 0.3 is 5.97 Å². The van der Waals surface area contributed by atoms with Gasteiger partial charge < -0.3 is 4.74 Å². The van der Waals surface area contributed by atoms with E-state index in [4.69, 9.17) is 10.1 Å². The molecule has 90 valence electrons. The Labute approximate surface area is 101 Å². The lowest BCUT2D eigenvalue weighted by Crippen LogP contribution is -2.23. The molecular formula is C14H17NO2. The molecule has 0 bridgehead atoms. The van der Waals surface area contributed by atoms with Gasteiger partial charge in [-0.1, -0.05) is 43.2 Å². The molecule has 3 heteroatoms. The van der Waals surface area contributed by atoms with Gasteiger partial charge in [0.05, 0.1) is 0 Å². The molecule has 2 rings (SSSR count). The van der Waals surface area contributed by atoms with E-state index in [0.29, 0.717) is 0 Å². The second-order valence-corrected chi connectivity index (χ2v) is 4.46. The van der Waals surface area contributed by atoms with Gasteiger partial charge in [-0.15, -0.1) is 0 Å². The van der Waals surface area contributed by atoms with Gasteiger partial charge in [0.25, 0.3) is 0 Å². The smallest absolute Gasteiger partial charge is 0.352 e. The zero-order valence-corrected chi connectivity index (χ0v) is 9.82. The van der Waals surface area contributed by atoms with Crippen molar-refractivity contribution in [1.29, 1.82) is 5.41 Å². The number of benzene rings is 1. The summed E-state index contributed by atoms with van der Waals surface area (Å²) in [5, 5.41) is 7.78. The summed E-state index contributed by atoms with van der Waals surface area (Å²) in [7, 11) is 0. The molecule has 0 aliphatic heterocycles. The minimum atomic E-state index is -0.458. The van der Waals surface area contributed by atoms with E-state index >= 15 is 0 Å². The van der Waals surface area contributed by atoms with Crippen molar-refractivity contribution >= 4 is 11.7 Å². The molecule has 1 N–H and O–H groups in total. The summed E-state index contributed by atoms with van der Waals surface area (Å²) in [4.78, 5) is 11.7. The summed E-state index contributed by atoms with van der Waals surface area (Å²) >= 11 is 0. The molecular weight excluding hydrogens is 214 g/mol. The molecule has 0 amide bonds. The Morgan fingerprint density at radius 3 is 2.53 bits per heavy atom. The van der Waals surface area contributed by atoms with E-state index in [9.17, 15) is 4.79 Å². The van der Waals surface area contributed by atoms with Crippen LogP contribution in [0.15, 0.2) is 30.3 Å². The second kappa shape index (κ2) is 5.62. The van der Waals surface area contributed by atoms with Crippen LogP contribution in [-0.2, 0) is 16.1 Å². The fourth-order valence-corrected chi connectivity index (χ4v) is 2.18. The molecule has 1 fully saturated rings. The van der Waals surface area contributed by atoms with Crippen molar-refractivity contribution in [3.8, 4) is 0 Å². The van der Waals surface area contributed by atoms with E-state index in [1.807, 2.05) is 30.3 Å². The Morgan fingerprint density at radius 2 is 1.88 bits per heavy atom. The average Bonchev–Trinajstić information content (AvgIpc) is 2.90. The third-order valence-electron chi connectivity index (χ3n) is 3.20. The third-order valence-corrected chi connectivity index (χ3v) is 3.20. The topological polar surface area (TPSA) is 50.2 Å². The third kappa shape index (κ3) is 3.16. The lowest BCUT2D eigenvalue weighted by Gasteiger charge is -2.10. The van der Waals surface area contributed by atoms with E-state index in [-0.39, 0.29) is 18.2 Å². The van der Waals surface area contributed by atoms with Gasteiger partial charge in [-0.05, 0) is 18.4 Å². The van der Waals surface area contributed by atoms with Gasteiger partial charge in [0.2, 0.25) is 0 Å². The van der Waals surface area contributed by atoms with Gasteiger partial charge in [0.1, 0.15) is 12.3 Å². The van der Waals surface area contributed by atoms with Crippen molar-refractivity contribution in [2.75, 3.05) is 0 Å². The first-order valence-electron chi connectivity index (χ1n) is 6.07. The van der Waals surface area contributed by atoms with Gasteiger partial charge in [-0.25, -0.2) is 4.79 Å². The predicted molar refractivity (Wildman–Crippen MR) is 65.9 cm³/mol. The Morgan fingerprint density at radius 1 is 1.24 bits per heavy atom. The molecule has 0 saturated heterocycles. The van der Waals surface area contributed by atoms with Crippen LogP contribution in [0.25, 0.3) is 0 Å². The number of nitrogens with one attached hydrogen (secondary N) is 1. The highest BCUT2D eigenvalue weighted by Crippen LogP contribution is 2.26. The fourth-order valence-electron chi connectivity index (χ4n) is 2.18. The van der Waals surface area contributed by atoms with Crippen molar-refractivity contribution in [1.82, 2.24) is 0 Å². The highest BCUT2D eigenvalue weighted by Gasteiger charge is 2.25. The van der Waals surface area contributed by atoms with Gasteiger partial charge in [0.15, 0.2) is 0 Å². The van der Waals surface area contributed by atoms with Crippen LogP contribution in [0.4, 0.5) is 0 Å². The summed E-state index contributed by atoms with van der Waals surface area (Å²) in [6.07, 6.45) is 4.16. The molecule has 0 radical (unpaired) electrons. The molecule has 1 aliphatic rings. The second-order valence-electron chi connectivity index (χ2n) is 4.46. The summed E-state index contributed by atoms with van der Waals surface area (Å²) in [5.41, 5.74) is 1.11. The highest BCUT2D eigenvalue weighted by molar-refractivity contribution is 6.35. The minimum absolute atomic E-state index is 0.123. The average molecular weight is 231 g/mol. The maximum Gasteiger partial charge on any atom is 0.352 e. The van der Waals surface area contributed by atoms with Crippen molar-refractivity contribution in [3.05, 3.63) is 35.9 Å². The van der Waals surface area contributed by atoms with Crippen LogP contribution in [-0.4, -0.2) is 11.7 Å². The Bertz CT molecular complexity index is 394. The summed E-state index contributed by atoms with van der Waals surface area (Å²) < 4.78 is 5.14. The first kappa shape index (κ1) is 11.8. The van der Waals surface area contributed by atoms with Crippen molar-refractivity contribution in [2.45, 2.75) is 32.3 Å². The number of hydrogen-bond acceptors (Lipinski definition) is 3. The normalized spacial score (nSPS) is 15.8. The van der Waals surface area contributed by atoms with Crippen molar-refractivity contribution in [3.63, 3.8) is 0 Å². The van der Waals surface area contributed by atoms with Crippen LogP contribution in [0.1, 0.15) is 31.2 Å². The van der Waals surface area contributed by atoms with E-state index in [1.54, 1.807) is 0 Å². The van der Waals surface area contributed by atoms with E-state index in [2.05, 4.69) is 0 Å². The van der Waals surface area contributed by atoms with Crippen molar-refractivity contribution in [2.24, 2.45) is 5.92 Å². The van der Waals surface area contributed by atoms with Crippen LogP contribution >= 0.6 is 0 Å². The summed E-state index contributed by atoms with van der Waals surface area (Å²) in [6, 6.07) is 9.56. The number of carbonyl (C=O) groups is 1. The zero-order chi connectivity index (χ0) is 12.1. The lowest BCUT2D eigenvalue weighted by molar-refractivity contribution is -0.137. The van der Waals surface area contributed by atoms with Crippen LogP contribution in [0.2, 0.25) is 0 Å². The van der Waals surface area contributed by atoms with Crippen molar-refractivity contribution < 1.29 is 9.53 Å². The van der Waals surface area contributed by atoms with Gasteiger partial charge in [-0.3, -0.25) is 5.41 Å². The lowest BCUT2D eigenvalue weighted by atomic mass is 10.0. The van der Waals surface area contributed by atoms with Gasteiger partial charge in [-0.2, -0.15) is 0 Å². The minimum Gasteiger partial charge on any atom is -0.456 e. The molecule has 0 unspecified atom stereocenters. The molecule has 17 heavy (non-hydrogen) atoms. The largest absolute Gasteiger partial charge is 0.456 e. The molecule has 1 aromatic rings.